The van der Waals surface area contributed by atoms with Gasteiger partial charge in [0.05, 0.1) is 19.3 Å². The van der Waals surface area contributed by atoms with Crippen LogP contribution in [0.4, 0.5) is 5.82 Å². The van der Waals surface area contributed by atoms with Gasteiger partial charge in [0.2, 0.25) is 0 Å². The predicted octanol–water partition coefficient (Wildman–Crippen LogP) is 0.711. The van der Waals surface area contributed by atoms with Crippen molar-refractivity contribution in [2.24, 2.45) is 7.05 Å². The molecule has 0 amide bonds. The normalized spacial score (nSPS) is 12.2. The highest BCUT2D eigenvalue weighted by molar-refractivity contribution is 5.86. The van der Waals surface area contributed by atoms with Gasteiger partial charge in [-0.25, -0.2) is 4.79 Å². The lowest BCUT2D eigenvalue weighted by atomic mass is 10.1. The van der Waals surface area contributed by atoms with Gasteiger partial charge in [-0.3, -0.25) is 4.68 Å². The third-order valence-electron chi connectivity index (χ3n) is 3.27. The van der Waals surface area contributed by atoms with E-state index in [-0.39, 0.29) is 11.7 Å². The lowest BCUT2D eigenvalue weighted by Crippen LogP contribution is -2.27. The van der Waals surface area contributed by atoms with Crippen molar-refractivity contribution < 1.29 is 9.53 Å². The Kier molecular flexibility index (Phi) is 5.05. The van der Waals surface area contributed by atoms with Crippen molar-refractivity contribution in [1.29, 1.82) is 0 Å². The minimum absolute atomic E-state index is 0.149. The van der Waals surface area contributed by atoms with E-state index in [1.807, 2.05) is 33.5 Å². The molecule has 2 heterocycles. The van der Waals surface area contributed by atoms with E-state index in [4.69, 9.17) is 0 Å². The highest BCUT2D eigenvalue weighted by atomic mass is 16.5. The number of likely N-dealkylation sites (N-methyl/N-ethyl adjacent to an activating group) is 1. The summed E-state index contributed by atoms with van der Waals surface area (Å²) in [6.07, 6.45) is 3.83. The first-order chi connectivity index (χ1) is 10.5. The average molecular weight is 304 g/mol. The number of aryl methyl sites for hydroxylation is 1. The standard InChI is InChI=1S/C14H20N6O2/c1-19(2)12(10-7-16-20(3)9-10)8-15-13-6-5-11(17-18-13)14(21)22-4/h5-7,9,12H,8H2,1-4H3,(H,15,18). The molecule has 22 heavy (non-hydrogen) atoms. The van der Waals surface area contributed by atoms with Crippen molar-refractivity contribution in [3.63, 3.8) is 0 Å². The number of hydrogen-bond acceptors (Lipinski definition) is 7. The number of methoxy groups -OCH3 is 1. The van der Waals surface area contributed by atoms with E-state index in [9.17, 15) is 4.79 Å². The Labute approximate surface area is 129 Å². The van der Waals surface area contributed by atoms with Crippen molar-refractivity contribution in [3.8, 4) is 0 Å². The Bertz CT molecular complexity index is 623. The molecular weight excluding hydrogens is 284 g/mol. The van der Waals surface area contributed by atoms with Crippen molar-refractivity contribution in [3.05, 3.63) is 35.8 Å². The van der Waals surface area contributed by atoms with Crippen LogP contribution < -0.4 is 5.32 Å². The van der Waals surface area contributed by atoms with E-state index in [0.29, 0.717) is 12.4 Å². The van der Waals surface area contributed by atoms with Crippen molar-refractivity contribution in [2.75, 3.05) is 33.1 Å². The fraction of sp³-hybridized carbons (Fsp3) is 0.429. The van der Waals surface area contributed by atoms with Crippen LogP contribution in [0.1, 0.15) is 22.1 Å². The fourth-order valence-electron chi connectivity index (χ4n) is 2.05. The molecule has 0 saturated heterocycles. The van der Waals surface area contributed by atoms with Crippen LogP contribution in [-0.2, 0) is 11.8 Å². The second kappa shape index (κ2) is 6.99. The van der Waals surface area contributed by atoms with Gasteiger partial charge in [0.15, 0.2) is 5.69 Å². The van der Waals surface area contributed by atoms with Gasteiger partial charge < -0.3 is 15.0 Å². The third-order valence-corrected chi connectivity index (χ3v) is 3.27. The Hall–Kier alpha value is -2.48. The number of nitrogens with one attached hydrogen (secondary N) is 1. The molecule has 0 aromatic carbocycles. The van der Waals surface area contributed by atoms with Gasteiger partial charge in [0.25, 0.3) is 0 Å². The molecule has 2 aromatic heterocycles. The van der Waals surface area contributed by atoms with E-state index in [1.165, 1.54) is 7.11 Å². The van der Waals surface area contributed by atoms with Crippen LogP contribution in [0.25, 0.3) is 0 Å². The predicted molar refractivity (Wildman–Crippen MR) is 81.5 cm³/mol. The molecule has 0 aliphatic rings. The number of aromatic nitrogens is 4. The number of carbonyl (C=O) groups is 1. The molecule has 1 unspecified atom stereocenters. The second-order valence-corrected chi connectivity index (χ2v) is 5.10. The van der Waals surface area contributed by atoms with Crippen molar-refractivity contribution >= 4 is 11.8 Å². The van der Waals surface area contributed by atoms with E-state index in [2.05, 4.69) is 30.2 Å². The maximum absolute atomic E-state index is 11.3. The molecule has 8 nitrogen and oxygen atoms in total. The zero-order valence-electron chi connectivity index (χ0n) is 13.1. The summed E-state index contributed by atoms with van der Waals surface area (Å²) in [6.45, 7) is 0.644. The van der Waals surface area contributed by atoms with Gasteiger partial charge in [0, 0.05) is 25.4 Å². The maximum atomic E-state index is 11.3. The molecule has 2 aromatic rings. The fourth-order valence-corrected chi connectivity index (χ4v) is 2.05. The highest BCUT2D eigenvalue weighted by Gasteiger charge is 2.16. The molecule has 1 atom stereocenters. The largest absolute Gasteiger partial charge is 0.464 e. The Balaban J connectivity index is 2.02. The van der Waals surface area contributed by atoms with Gasteiger partial charge in [-0.1, -0.05) is 0 Å². The van der Waals surface area contributed by atoms with Gasteiger partial charge in [-0.05, 0) is 26.2 Å². The van der Waals surface area contributed by atoms with E-state index >= 15 is 0 Å². The second-order valence-electron chi connectivity index (χ2n) is 5.10. The summed E-state index contributed by atoms with van der Waals surface area (Å²) in [7, 11) is 7.21. The first kappa shape index (κ1) is 15.9. The summed E-state index contributed by atoms with van der Waals surface area (Å²) in [5.41, 5.74) is 1.30. The number of rotatable bonds is 6. The van der Waals surface area contributed by atoms with Crippen LogP contribution in [0.3, 0.4) is 0 Å². The lowest BCUT2D eigenvalue weighted by Gasteiger charge is -2.23. The first-order valence-electron chi connectivity index (χ1n) is 6.82. The molecule has 2 rings (SSSR count). The number of nitrogens with zero attached hydrogens (tertiary/aromatic N) is 5. The summed E-state index contributed by atoms with van der Waals surface area (Å²) in [5, 5.41) is 15.2. The molecule has 8 heteroatoms. The molecule has 0 spiro atoms. The van der Waals surface area contributed by atoms with E-state index < -0.39 is 5.97 Å². The monoisotopic (exact) mass is 304 g/mol. The minimum atomic E-state index is -0.499. The molecular formula is C14H20N6O2. The summed E-state index contributed by atoms with van der Waals surface area (Å²) in [5.74, 6) is 0.101. The molecule has 0 aliphatic heterocycles. The zero-order chi connectivity index (χ0) is 16.1. The molecule has 0 saturated carbocycles. The third kappa shape index (κ3) is 3.79. The summed E-state index contributed by atoms with van der Waals surface area (Å²) < 4.78 is 6.36. The molecule has 0 bridgehead atoms. The van der Waals surface area contributed by atoms with Crippen LogP contribution >= 0.6 is 0 Å². The van der Waals surface area contributed by atoms with E-state index in [0.717, 1.165) is 5.56 Å². The number of hydrogen-bond donors (Lipinski definition) is 1. The van der Waals surface area contributed by atoms with Crippen LogP contribution in [-0.4, -0.2) is 58.6 Å². The SMILES string of the molecule is COC(=O)c1ccc(NCC(c2cnn(C)c2)N(C)C)nn1. The number of anilines is 1. The molecule has 0 radical (unpaired) electrons. The number of ether oxygens (including phenoxy) is 1. The van der Waals surface area contributed by atoms with Gasteiger partial charge in [0.1, 0.15) is 5.82 Å². The highest BCUT2D eigenvalue weighted by Crippen LogP contribution is 2.17. The van der Waals surface area contributed by atoms with Crippen LogP contribution in [0.5, 0.6) is 0 Å². The van der Waals surface area contributed by atoms with Gasteiger partial charge in [-0.2, -0.15) is 5.10 Å². The molecule has 0 aliphatic carbocycles. The smallest absolute Gasteiger partial charge is 0.358 e. The summed E-state index contributed by atoms with van der Waals surface area (Å²) in [6, 6.07) is 3.43. The van der Waals surface area contributed by atoms with Gasteiger partial charge >= 0.3 is 5.97 Å². The average Bonchev–Trinajstić information content (AvgIpc) is 2.93. The number of esters is 1. The van der Waals surface area contributed by atoms with Crippen LogP contribution in [0.2, 0.25) is 0 Å². The van der Waals surface area contributed by atoms with E-state index in [1.54, 1.807) is 16.8 Å². The van der Waals surface area contributed by atoms with Gasteiger partial charge in [-0.15, -0.1) is 10.2 Å². The van der Waals surface area contributed by atoms with Crippen molar-refractivity contribution in [1.82, 2.24) is 24.9 Å². The Morgan fingerprint density at radius 2 is 2.18 bits per heavy atom. The number of carbonyl (C=O) groups excluding carboxylic acids is 1. The quantitative estimate of drug-likeness (QED) is 0.787. The Morgan fingerprint density at radius 3 is 2.68 bits per heavy atom. The Morgan fingerprint density at radius 1 is 1.41 bits per heavy atom. The minimum Gasteiger partial charge on any atom is -0.464 e. The van der Waals surface area contributed by atoms with Crippen LogP contribution in [0, 0.1) is 0 Å². The maximum Gasteiger partial charge on any atom is 0.358 e. The lowest BCUT2D eigenvalue weighted by molar-refractivity contribution is 0.0593. The topological polar surface area (TPSA) is 85.2 Å². The molecule has 1 N–H and O–H groups in total. The molecule has 118 valence electrons. The summed E-state index contributed by atoms with van der Waals surface area (Å²) in [4.78, 5) is 13.4. The zero-order valence-corrected chi connectivity index (χ0v) is 13.1. The van der Waals surface area contributed by atoms with Crippen LogP contribution in [0.15, 0.2) is 24.5 Å². The molecule has 0 fully saturated rings. The first-order valence-corrected chi connectivity index (χ1v) is 6.82. The van der Waals surface area contributed by atoms with Crippen molar-refractivity contribution in [2.45, 2.75) is 6.04 Å². The summed E-state index contributed by atoms with van der Waals surface area (Å²) >= 11 is 0.